The van der Waals surface area contributed by atoms with Gasteiger partial charge < -0.3 is 10.2 Å². The first-order valence-corrected chi connectivity index (χ1v) is 0.651. The summed E-state index contributed by atoms with van der Waals surface area (Å²) in [7, 11) is 0. The van der Waals surface area contributed by atoms with E-state index in [2.05, 4.69) is 0 Å². The Kier molecular flexibility index (Phi) is 24.7. The summed E-state index contributed by atoms with van der Waals surface area (Å²) < 4.78 is 0. The van der Waals surface area contributed by atoms with E-state index >= 15 is 0 Å². The van der Waals surface area contributed by atoms with E-state index in [1.807, 2.05) is 0 Å². The molecule has 0 rings (SSSR count). The van der Waals surface area contributed by atoms with Crippen molar-refractivity contribution in [1.82, 2.24) is 0 Å². The number of carbonyl (C=O) groups is 1. The maximum atomic E-state index is 8.56. The predicted molar refractivity (Wildman–Crippen MR) is 29.1 cm³/mol. The second-order valence-electron chi connectivity index (χ2n) is 0.283. The Balaban J connectivity index is -0.0000000450. The third-order valence-corrected chi connectivity index (χ3v) is 0. The van der Waals surface area contributed by atoms with Crippen molar-refractivity contribution < 1.29 is 15.0 Å². The molecular formula is CH7AsCaO3. The molecule has 0 bridgehead atoms. The molecule has 36 valence electrons. The summed E-state index contributed by atoms with van der Waals surface area (Å²) in [6, 6.07) is 0. The van der Waals surface area contributed by atoms with E-state index in [-0.39, 0.29) is 55.7 Å². The van der Waals surface area contributed by atoms with Crippen molar-refractivity contribution in [3.05, 3.63) is 0 Å². The van der Waals surface area contributed by atoms with Gasteiger partial charge in [0.2, 0.25) is 0 Å². The first kappa shape index (κ1) is 15.7. The molecular weight excluding hydrogens is 175 g/mol. The topological polar surface area (TPSA) is 57.5 Å². The Hall–Kier alpha value is 1.09. The molecule has 0 saturated carbocycles. The second kappa shape index (κ2) is 9.43. The summed E-state index contributed by atoms with van der Waals surface area (Å²) in [5, 5.41) is 13.9. The van der Waals surface area contributed by atoms with Gasteiger partial charge in [-0.05, 0) is 0 Å². The molecule has 0 aromatic carbocycles. The van der Waals surface area contributed by atoms with Crippen molar-refractivity contribution in [1.29, 1.82) is 0 Å². The van der Waals surface area contributed by atoms with Crippen LogP contribution in [0, 0.1) is 0 Å². The van der Waals surface area contributed by atoms with Crippen LogP contribution in [0.5, 0.6) is 0 Å². The van der Waals surface area contributed by atoms with Crippen LogP contribution >= 0.6 is 0 Å². The summed E-state index contributed by atoms with van der Waals surface area (Å²) in [6.07, 6.45) is -1.83. The van der Waals surface area contributed by atoms with E-state index in [9.17, 15) is 0 Å². The third-order valence-electron chi connectivity index (χ3n) is 0. The van der Waals surface area contributed by atoms with Crippen LogP contribution in [0.4, 0.5) is 4.79 Å². The summed E-state index contributed by atoms with van der Waals surface area (Å²) >= 11 is 0. The van der Waals surface area contributed by atoms with Gasteiger partial charge in [0.25, 0.3) is 0 Å². The van der Waals surface area contributed by atoms with Crippen LogP contribution in [0.15, 0.2) is 0 Å². The minimum absolute atomic E-state index is 0. The zero-order chi connectivity index (χ0) is 3.58. The van der Waals surface area contributed by atoms with E-state index in [0.717, 1.165) is 0 Å². The number of hydrogen-bond acceptors (Lipinski definition) is 1. The number of carboxylic acid groups (broad SMARTS) is 2. The third kappa shape index (κ3) is 71.8. The Morgan fingerprint density at radius 2 is 1.33 bits per heavy atom. The van der Waals surface area contributed by atoms with Crippen LogP contribution in [0.3, 0.4) is 0 Å². The van der Waals surface area contributed by atoms with Crippen LogP contribution in [-0.2, 0) is 0 Å². The molecule has 1 atom stereocenters. The molecule has 0 aromatic rings. The molecule has 0 spiro atoms. The van der Waals surface area contributed by atoms with Crippen molar-refractivity contribution in [2.24, 2.45) is 0 Å². The molecule has 0 aliphatic carbocycles. The Bertz CT molecular complexity index is 33.8. The van der Waals surface area contributed by atoms with Crippen molar-refractivity contribution >= 4 is 61.8 Å². The van der Waals surface area contributed by atoms with E-state index in [0.29, 0.717) is 0 Å². The zero-order valence-electron chi connectivity index (χ0n) is 2.51. The van der Waals surface area contributed by atoms with Crippen LogP contribution in [0.2, 0.25) is 0 Å². The van der Waals surface area contributed by atoms with Crippen molar-refractivity contribution in [2.75, 3.05) is 0 Å². The number of hydrogen-bond donors (Lipinski definition) is 2. The van der Waals surface area contributed by atoms with Gasteiger partial charge in [-0.25, -0.2) is 4.79 Å². The standard InChI is InChI=1S/CH2O3.AsH3.Ca.2H/c2-1(3)4;;;;/h(H2,2,3,4);1H3;;;. The summed E-state index contributed by atoms with van der Waals surface area (Å²) in [5.41, 5.74) is 0. The fourth-order valence-corrected chi connectivity index (χ4v) is 0. The molecule has 0 saturated heterocycles. The fraction of sp³-hybridized carbons (Fsp3) is 0. The minimum atomic E-state index is -1.83. The number of rotatable bonds is 0. The molecule has 0 aliphatic heterocycles. The van der Waals surface area contributed by atoms with Crippen molar-refractivity contribution in [3.63, 3.8) is 0 Å². The normalized spacial score (nSPS) is 4.00. The van der Waals surface area contributed by atoms with Gasteiger partial charge in [-0.15, -0.1) is 0 Å². The predicted octanol–water partition coefficient (Wildman–Crippen LogP) is -1.88. The Morgan fingerprint density at radius 3 is 1.33 bits per heavy atom. The van der Waals surface area contributed by atoms with Gasteiger partial charge in [-0.2, -0.15) is 0 Å². The average Bonchev–Trinajstić information content (AvgIpc) is 0.811. The molecule has 0 aliphatic rings. The van der Waals surface area contributed by atoms with Crippen molar-refractivity contribution in [3.8, 4) is 0 Å². The molecule has 0 radical (unpaired) electrons. The van der Waals surface area contributed by atoms with Crippen LogP contribution < -0.4 is 0 Å². The van der Waals surface area contributed by atoms with Crippen LogP contribution in [-0.4, -0.2) is 72.1 Å². The van der Waals surface area contributed by atoms with E-state index in [4.69, 9.17) is 15.0 Å². The summed E-state index contributed by atoms with van der Waals surface area (Å²) in [4.78, 5) is 8.56. The molecule has 5 heteroatoms. The van der Waals surface area contributed by atoms with Gasteiger partial charge in [-0.3, -0.25) is 0 Å². The van der Waals surface area contributed by atoms with Gasteiger partial charge in [0.1, 0.15) is 0 Å². The van der Waals surface area contributed by atoms with E-state index in [1.165, 1.54) is 0 Å². The molecule has 0 heterocycles. The molecule has 0 fully saturated rings. The van der Waals surface area contributed by atoms with Gasteiger partial charge in [-0.1, -0.05) is 0 Å². The monoisotopic (exact) mass is 182 g/mol. The molecule has 1 unspecified atom stereocenters. The second-order valence-corrected chi connectivity index (χ2v) is 0.283. The zero-order valence-corrected chi connectivity index (χ0v) is 5.48. The Labute approximate surface area is 76.0 Å². The fourth-order valence-electron chi connectivity index (χ4n) is 0. The Morgan fingerprint density at radius 1 is 1.33 bits per heavy atom. The van der Waals surface area contributed by atoms with Gasteiger partial charge >= 0.3 is 61.8 Å². The summed E-state index contributed by atoms with van der Waals surface area (Å²) in [6.45, 7) is 0. The molecule has 3 nitrogen and oxygen atoms in total. The van der Waals surface area contributed by atoms with Crippen LogP contribution in [0.25, 0.3) is 0 Å². The average molecular weight is 182 g/mol. The van der Waals surface area contributed by atoms with Crippen LogP contribution in [0.1, 0.15) is 0 Å². The van der Waals surface area contributed by atoms with E-state index < -0.39 is 6.16 Å². The SMILES string of the molecule is O=C(O)O.[AsH3].[CaH2]. The molecule has 2 N–H and O–H groups in total. The quantitative estimate of drug-likeness (QED) is 0.431. The van der Waals surface area contributed by atoms with Crippen molar-refractivity contribution in [2.45, 2.75) is 0 Å². The summed E-state index contributed by atoms with van der Waals surface area (Å²) in [5.74, 6) is 0. The van der Waals surface area contributed by atoms with Gasteiger partial charge in [0, 0.05) is 0 Å². The molecule has 0 aromatic heterocycles. The first-order valence-electron chi connectivity index (χ1n) is 0.651. The molecule has 6 heavy (non-hydrogen) atoms. The van der Waals surface area contributed by atoms with E-state index in [1.54, 1.807) is 0 Å². The first-order chi connectivity index (χ1) is 1.73. The maximum absolute atomic E-state index is 8.56. The van der Waals surface area contributed by atoms with Gasteiger partial charge in [0.05, 0.1) is 0 Å². The van der Waals surface area contributed by atoms with Gasteiger partial charge in [0.15, 0.2) is 0 Å². The molecule has 0 amide bonds.